The van der Waals surface area contributed by atoms with Crippen LogP contribution in [0.4, 0.5) is 5.82 Å². The second kappa shape index (κ2) is 8.13. The van der Waals surface area contributed by atoms with Gasteiger partial charge in [0.1, 0.15) is 5.76 Å². The predicted molar refractivity (Wildman–Crippen MR) is 119 cm³/mol. The minimum absolute atomic E-state index is 0.0804. The van der Waals surface area contributed by atoms with Gasteiger partial charge in [-0.2, -0.15) is 13.5 Å². The molecule has 12 nitrogen and oxygen atoms in total. The van der Waals surface area contributed by atoms with Gasteiger partial charge in [0.25, 0.3) is 5.91 Å². The van der Waals surface area contributed by atoms with Crippen LogP contribution in [0.15, 0.2) is 25.3 Å². The number of amides is 1. The standard InChI is InChI=1S/C18H24ClN7O5S/c1-18(2,3)13(9-7-8-10(19)31-9)20-15-16(24-32(29,30)23-15)21-14-12(27)11(26(6)22-14)17(28)25(4)5/h7-8,13,27H,1-6H3,(H,20,23)(H,21,22,24)/t13-/m0/s1. The Morgan fingerprint density at radius 3 is 2.41 bits per heavy atom. The average molecular weight is 486 g/mol. The van der Waals surface area contributed by atoms with Gasteiger partial charge in [-0.3, -0.25) is 9.48 Å². The van der Waals surface area contributed by atoms with Crippen LogP contribution in [0.1, 0.15) is 43.1 Å². The van der Waals surface area contributed by atoms with E-state index in [1.54, 1.807) is 12.1 Å². The Labute approximate surface area is 190 Å². The lowest BCUT2D eigenvalue weighted by molar-refractivity contribution is 0.0814. The largest absolute Gasteiger partial charge is 0.503 e. The third kappa shape index (κ3) is 4.72. The van der Waals surface area contributed by atoms with Crippen LogP contribution in [-0.2, 0) is 17.3 Å². The molecule has 2 aromatic heterocycles. The summed E-state index contributed by atoms with van der Waals surface area (Å²) in [5.74, 6) is -0.939. The van der Waals surface area contributed by atoms with E-state index >= 15 is 0 Å². The van der Waals surface area contributed by atoms with E-state index < -0.39 is 33.3 Å². The van der Waals surface area contributed by atoms with Gasteiger partial charge in [-0.1, -0.05) is 20.8 Å². The Balaban J connectivity index is 1.95. The molecular formula is C18H24ClN7O5S. The molecule has 3 N–H and O–H groups in total. The second-order valence-corrected chi connectivity index (χ2v) is 10.0. The molecule has 174 valence electrons. The molecule has 0 fully saturated rings. The normalized spacial score (nSPS) is 16.3. The number of carbonyl (C=O) groups excluding carboxylic acids is 1. The molecule has 0 bridgehead atoms. The molecule has 0 spiro atoms. The summed E-state index contributed by atoms with van der Waals surface area (Å²) in [5, 5.41) is 20.4. The molecule has 1 aliphatic rings. The number of halogens is 1. The Morgan fingerprint density at radius 1 is 1.25 bits per heavy atom. The fourth-order valence-electron chi connectivity index (χ4n) is 3.01. The Bertz CT molecular complexity index is 1220. The molecule has 0 unspecified atom stereocenters. The first-order valence-corrected chi connectivity index (χ1v) is 11.2. The fourth-order valence-corrected chi connectivity index (χ4v) is 3.94. The maximum Gasteiger partial charge on any atom is 0.367 e. The molecule has 0 aliphatic carbocycles. The van der Waals surface area contributed by atoms with Gasteiger partial charge in [0.2, 0.25) is 0 Å². The Kier molecular flexibility index (Phi) is 6.00. The summed E-state index contributed by atoms with van der Waals surface area (Å²) in [7, 11) is 0.346. The molecule has 0 aromatic carbocycles. The molecule has 3 rings (SSSR count). The fraction of sp³-hybridized carbons (Fsp3) is 0.444. The first-order valence-electron chi connectivity index (χ1n) is 9.41. The lowest BCUT2D eigenvalue weighted by atomic mass is 9.85. The third-order valence-electron chi connectivity index (χ3n) is 4.53. The minimum atomic E-state index is -4.18. The zero-order chi connectivity index (χ0) is 24.0. The highest BCUT2D eigenvalue weighted by Gasteiger charge is 2.35. The monoisotopic (exact) mass is 485 g/mol. The quantitative estimate of drug-likeness (QED) is 0.593. The van der Waals surface area contributed by atoms with E-state index in [-0.39, 0.29) is 28.4 Å². The van der Waals surface area contributed by atoms with Gasteiger partial charge in [-0.25, -0.2) is 0 Å². The third-order valence-corrected chi connectivity index (χ3v) is 5.56. The van der Waals surface area contributed by atoms with Crippen LogP contribution in [0.5, 0.6) is 5.75 Å². The van der Waals surface area contributed by atoms with Crippen LogP contribution in [-0.4, -0.2) is 59.9 Å². The van der Waals surface area contributed by atoms with E-state index in [1.165, 1.54) is 30.7 Å². The number of amidine groups is 2. The van der Waals surface area contributed by atoms with E-state index in [0.717, 1.165) is 0 Å². The summed E-state index contributed by atoms with van der Waals surface area (Å²) in [5.41, 5.74) is -0.525. The summed E-state index contributed by atoms with van der Waals surface area (Å²) in [6.07, 6.45) is 0. The van der Waals surface area contributed by atoms with Crippen molar-refractivity contribution in [3.05, 3.63) is 28.8 Å². The van der Waals surface area contributed by atoms with Gasteiger partial charge in [0.15, 0.2) is 34.2 Å². The summed E-state index contributed by atoms with van der Waals surface area (Å²) < 4.78 is 38.2. The number of anilines is 1. The van der Waals surface area contributed by atoms with Crippen LogP contribution in [0.3, 0.4) is 0 Å². The number of hydrogen-bond acceptors (Lipinski definition) is 8. The Morgan fingerprint density at radius 2 is 1.88 bits per heavy atom. The van der Waals surface area contributed by atoms with Gasteiger partial charge in [-0.05, 0) is 29.1 Å². The maximum atomic E-state index is 12.3. The van der Waals surface area contributed by atoms with Crippen molar-refractivity contribution < 1.29 is 22.7 Å². The molecular weight excluding hydrogens is 462 g/mol. The number of aryl methyl sites for hydroxylation is 1. The van der Waals surface area contributed by atoms with Crippen molar-refractivity contribution in [3.8, 4) is 5.75 Å². The van der Waals surface area contributed by atoms with Crippen LogP contribution in [0, 0.1) is 5.41 Å². The van der Waals surface area contributed by atoms with Gasteiger partial charge < -0.3 is 25.1 Å². The van der Waals surface area contributed by atoms with Gasteiger partial charge in [0.05, 0.1) is 6.04 Å². The number of aromatic hydroxyl groups is 1. The van der Waals surface area contributed by atoms with Crippen LogP contribution < -0.4 is 10.6 Å². The van der Waals surface area contributed by atoms with Gasteiger partial charge in [-0.15, -0.1) is 8.80 Å². The molecule has 3 heterocycles. The van der Waals surface area contributed by atoms with Crippen molar-refractivity contribution in [2.75, 3.05) is 19.4 Å². The minimum Gasteiger partial charge on any atom is -0.503 e. The highest BCUT2D eigenvalue weighted by atomic mass is 35.5. The molecule has 1 atom stereocenters. The van der Waals surface area contributed by atoms with E-state index in [2.05, 4.69) is 24.5 Å². The van der Waals surface area contributed by atoms with E-state index in [4.69, 9.17) is 16.0 Å². The van der Waals surface area contributed by atoms with E-state index in [1.807, 2.05) is 20.8 Å². The predicted octanol–water partition coefficient (Wildman–Crippen LogP) is 1.92. The molecule has 2 aromatic rings. The molecule has 0 saturated carbocycles. The zero-order valence-corrected chi connectivity index (χ0v) is 19.9. The van der Waals surface area contributed by atoms with E-state index in [9.17, 15) is 18.3 Å². The molecule has 14 heteroatoms. The number of nitrogens with zero attached hydrogens (tertiary/aromatic N) is 5. The second-order valence-electron chi connectivity index (χ2n) is 8.41. The van der Waals surface area contributed by atoms with Crippen molar-refractivity contribution >= 4 is 45.2 Å². The van der Waals surface area contributed by atoms with Gasteiger partial charge in [0, 0.05) is 21.1 Å². The molecule has 32 heavy (non-hydrogen) atoms. The van der Waals surface area contributed by atoms with Crippen molar-refractivity contribution in [2.24, 2.45) is 21.3 Å². The molecule has 1 amide bonds. The molecule has 1 aliphatic heterocycles. The maximum absolute atomic E-state index is 12.3. The topological polar surface area (TPSA) is 154 Å². The Hall–Kier alpha value is -3.06. The molecule has 0 radical (unpaired) electrons. The number of carbonyl (C=O) groups is 1. The summed E-state index contributed by atoms with van der Waals surface area (Å²) in [6, 6.07) is 2.72. The number of rotatable bonds is 4. The zero-order valence-electron chi connectivity index (χ0n) is 18.3. The van der Waals surface area contributed by atoms with E-state index in [0.29, 0.717) is 5.76 Å². The molecule has 0 saturated heterocycles. The van der Waals surface area contributed by atoms with Crippen LogP contribution in [0.25, 0.3) is 0 Å². The average Bonchev–Trinajstić information content (AvgIpc) is 3.27. The van der Waals surface area contributed by atoms with Crippen molar-refractivity contribution in [3.63, 3.8) is 0 Å². The number of aromatic nitrogens is 2. The SMILES string of the molecule is CN(C)C(=O)c1c(O)c(NC2=NS(=O)(=O)N=C2N[C@@H](c2ccc(Cl)o2)C(C)(C)C)nn1C. The van der Waals surface area contributed by atoms with Crippen LogP contribution >= 0.6 is 11.6 Å². The summed E-state index contributed by atoms with van der Waals surface area (Å²) in [4.78, 5) is 13.6. The lowest BCUT2D eigenvalue weighted by Crippen LogP contribution is -2.41. The van der Waals surface area contributed by atoms with Crippen molar-refractivity contribution in [2.45, 2.75) is 26.8 Å². The van der Waals surface area contributed by atoms with Crippen LogP contribution in [0.2, 0.25) is 5.22 Å². The first-order chi connectivity index (χ1) is 14.7. The van der Waals surface area contributed by atoms with Gasteiger partial charge >= 0.3 is 10.2 Å². The highest BCUT2D eigenvalue weighted by molar-refractivity contribution is 7.89. The lowest BCUT2D eigenvalue weighted by Gasteiger charge is -2.30. The first kappa shape index (κ1) is 23.6. The van der Waals surface area contributed by atoms with Crippen molar-refractivity contribution in [1.29, 1.82) is 0 Å². The summed E-state index contributed by atoms with van der Waals surface area (Å²) >= 11 is 5.91. The number of nitrogens with one attached hydrogen (secondary N) is 2. The number of hydrogen-bond donors (Lipinski definition) is 3. The highest BCUT2D eigenvalue weighted by Crippen LogP contribution is 2.35. The summed E-state index contributed by atoms with van der Waals surface area (Å²) in [6.45, 7) is 5.75. The smallest absolute Gasteiger partial charge is 0.367 e. The number of furan rings is 1. The van der Waals surface area contributed by atoms with Crippen molar-refractivity contribution in [1.82, 2.24) is 20.0 Å².